The van der Waals surface area contributed by atoms with Crippen molar-refractivity contribution in [3.05, 3.63) is 58.0 Å². The molecule has 1 aromatic carbocycles. The maximum absolute atomic E-state index is 12.0. The number of para-hydroxylation sites is 1. The number of carbonyl (C=O) groups is 1. The smallest absolute Gasteiger partial charge is 0.354 e. The van der Waals surface area contributed by atoms with Crippen LogP contribution in [0.1, 0.15) is 24.5 Å². The van der Waals surface area contributed by atoms with E-state index in [1.807, 2.05) is 25.1 Å². The summed E-state index contributed by atoms with van der Waals surface area (Å²) >= 11 is 0. The Kier molecular flexibility index (Phi) is 4.09. The van der Waals surface area contributed by atoms with Crippen LogP contribution in [0, 0.1) is 11.3 Å². The summed E-state index contributed by atoms with van der Waals surface area (Å²) in [6.07, 6.45) is 3.30. The van der Waals surface area contributed by atoms with Gasteiger partial charge >= 0.3 is 5.63 Å². The average Bonchev–Trinajstić information content (AvgIpc) is 2.56. The zero-order valence-corrected chi connectivity index (χ0v) is 12.6. The first kappa shape index (κ1) is 15.2. The fraction of sp³-hybridized carbons (Fsp3) is 0.278. The molecule has 2 heterocycles. The summed E-state index contributed by atoms with van der Waals surface area (Å²) < 4.78 is 10.9. The van der Waals surface area contributed by atoms with Crippen LogP contribution in [0.2, 0.25) is 0 Å². The van der Waals surface area contributed by atoms with Gasteiger partial charge in [0.25, 0.3) is 0 Å². The highest BCUT2D eigenvalue weighted by Crippen LogP contribution is 2.24. The molecule has 2 unspecified atom stereocenters. The van der Waals surface area contributed by atoms with E-state index in [0.717, 1.165) is 0 Å². The lowest BCUT2D eigenvalue weighted by Gasteiger charge is -2.24. The second-order valence-corrected chi connectivity index (χ2v) is 5.39. The number of carbonyl (C=O) groups excluding carboxylic acids is 1. The van der Waals surface area contributed by atoms with Crippen LogP contribution in [-0.4, -0.2) is 18.0 Å². The maximum Gasteiger partial charge on any atom is 0.354 e. The Morgan fingerprint density at radius 3 is 2.78 bits per heavy atom. The van der Waals surface area contributed by atoms with Crippen molar-refractivity contribution in [2.75, 3.05) is 0 Å². The molecule has 0 N–H and O–H groups in total. The molecule has 0 radical (unpaired) electrons. The van der Waals surface area contributed by atoms with Crippen molar-refractivity contribution >= 4 is 16.8 Å². The van der Waals surface area contributed by atoms with Crippen LogP contribution in [0.4, 0.5) is 0 Å². The molecule has 0 fully saturated rings. The largest absolute Gasteiger partial charge is 0.422 e. The number of ketones is 1. The van der Waals surface area contributed by atoms with Crippen LogP contribution in [-0.2, 0) is 16.0 Å². The summed E-state index contributed by atoms with van der Waals surface area (Å²) in [7, 11) is 0. The highest BCUT2D eigenvalue weighted by Gasteiger charge is 2.25. The highest BCUT2D eigenvalue weighted by molar-refractivity contribution is 5.94. The Balaban J connectivity index is 2.06. The van der Waals surface area contributed by atoms with Crippen molar-refractivity contribution in [1.82, 2.24) is 0 Å². The number of rotatable bonds is 3. The van der Waals surface area contributed by atoms with Crippen molar-refractivity contribution in [3.63, 3.8) is 0 Å². The summed E-state index contributed by atoms with van der Waals surface area (Å²) in [6, 6.07) is 9.02. The predicted octanol–water partition coefficient (Wildman–Crippen LogP) is 2.51. The third-order valence-electron chi connectivity index (χ3n) is 3.94. The molecule has 1 aliphatic heterocycles. The SMILES string of the molecule is CCC1OC(Cc2c(C#N)c(=O)oc3ccccc23)C=CC1=O. The number of ether oxygens (including phenoxy) is 1. The molecule has 5 heteroatoms. The number of fused-ring (bicyclic) bond motifs is 1. The van der Waals surface area contributed by atoms with Gasteiger partial charge in [-0.25, -0.2) is 4.79 Å². The van der Waals surface area contributed by atoms with E-state index in [9.17, 15) is 14.9 Å². The fourth-order valence-corrected chi connectivity index (χ4v) is 2.79. The van der Waals surface area contributed by atoms with E-state index in [1.54, 1.807) is 18.2 Å². The zero-order valence-electron chi connectivity index (χ0n) is 12.6. The van der Waals surface area contributed by atoms with E-state index in [4.69, 9.17) is 9.15 Å². The van der Waals surface area contributed by atoms with Gasteiger partial charge in [-0.3, -0.25) is 4.79 Å². The second-order valence-electron chi connectivity index (χ2n) is 5.39. The van der Waals surface area contributed by atoms with Gasteiger partial charge in [0.15, 0.2) is 5.78 Å². The number of benzene rings is 1. The van der Waals surface area contributed by atoms with Crippen molar-refractivity contribution < 1.29 is 13.9 Å². The lowest BCUT2D eigenvalue weighted by atomic mass is 9.97. The van der Waals surface area contributed by atoms with Crippen molar-refractivity contribution in [3.8, 4) is 6.07 Å². The summed E-state index contributed by atoms with van der Waals surface area (Å²) in [5.74, 6) is -0.0540. The van der Waals surface area contributed by atoms with Crippen LogP contribution in [0.25, 0.3) is 11.0 Å². The fourth-order valence-electron chi connectivity index (χ4n) is 2.79. The van der Waals surface area contributed by atoms with Gasteiger partial charge in [-0.2, -0.15) is 5.26 Å². The molecule has 2 aromatic rings. The molecule has 0 aliphatic carbocycles. The van der Waals surface area contributed by atoms with Gasteiger partial charge in [-0.15, -0.1) is 0 Å². The summed E-state index contributed by atoms with van der Waals surface area (Å²) in [4.78, 5) is 23.7. The topological polar surface area (TPSA) is 80.3 Å². The monoisotopic (exact) mass is 309 g/mol. The van der Waals surface area contributed by atoms with Gasteiger partial charge < -0.3 is 9.15 Å². The molecule has 1 aliphatic rings. The Morgan fingerprint density at radius 1 is 1.26 bits per heavy atom. The van der Waals surface area contributed by atoms with Gasteiger partial charge in [0.05, 0.1) is 6.10 Å². The van der Waals surface area contributed by atoms with Gasteiger partial charge in [0.2, 0.25) is 0 Å². The number of nitrogens with zero attached hydrogens (tertiary/aromatic N) is 1. The molecule has 5 nitrogen and oxygen atoms in total. The summed E-state index contributed by atoms with van der Waals surface area (Å²) in [5.41, 5.74) is 0.377. The number of nitriles is 1. The zero-order chi connectivity index (χ0) is 16.4. The van der Waals surface area contributed by atoms with Crippen molar-refractivity contribution in [2.24, 2.45) is 0 Å². The maximum atomic E-state index is 12.0. The molecule has 3 rings (SSSR count). The van der Waals surface area contributed by atoms with Crippen LogP contribution in [0.3, 0.4) is 0 Å². The summed E-state index contributed by atoms with van der Waals surface area (Å²) in [6.45, 7) is 1.88. The first-order valence-corrected chi connectivity index (χ1v) is 7.46. The van der Waals surface area contributed by atoms with E-state index < -0.39 is 11.7 Å². The van der Waals surface area contributed by atoms with E-state index >= 15 is 0 Å². The molecule has 116 valence electrons. The highest BCUT2D eigenvalue weighted by atomic mass is 16.5. The van der Waals surface area contributed by atoms with Gasteiger partial charge in [-0.05, 0) is 24.1 Å². The Hall–Kier alpha value is -2.71. The Morgan fingerprint density at radius 2 is 2.04 bits per heavy atom. The minimum Gasteiger partial charge on any atom is -0.422 e. The predicted molar refractivity (Wildman–Crippen MR) is 84.0 cm³/mol. The van der Waals surface area contributed by atoms with Crippen LogP contribution in [0.5, 0.6) is 0 Å². The minimum absolute atomic E-state index is 0.00866. The van der Waals surface area contributed by atoms with E-state index in [0.29, 0.717) is 29.4 Å². The lowest BCUT2D eigenvalue weighted by Crippen LogP contribution is -2.32. The van der Waals surface area contributed by atoms with Gasteiger partial charge in [0.1, 0.15) is 23.3 Å². The molecule has 0 saturated heterocycles. The Labute approximate surface area is 132 Å². The molecule has 2 atom stereocenters. The Bertz CT molecular complexity index is 888. The first-order valence-electron chi connectivity index (χ1n) is 7.46. The second kappa shape index (κ2) is 6.19. The number of hydrogen-bond acceptors (Lipinski definition) is 5. The molecular formula is C18H15NO4. The molecule has 23 heavy (non-hydrogen) atoms. The van der Waals surface area contributed by atoms with Crippen molar-refractivity contribution in [1.29, 1.82) is 5.26 Å². The molecule has 0 spiro atoms. The third kappa shape index (κ3) is 2.81. The number of hydrogen-bond donors (Lipinski definition) is 0. The van der Waals surface area contributed by atoms with Crippen LogP contribution < -0.4 is 5.63 Å². The quantitative estimate of drug-likeness (QED) is 0.814. The van der Waals surface area contributed by atoms with Crippen LogP contribution in [0.15, 0.2) is 45.6 Å². The van der Waals surface area contributed by atoms with E-state index in [1.165, 1.54) is 6.08 Å². The normalized spacial score (nSPS) is 20.6. The molecule has 1 aromatic heterocycles. The molecule has 0 saturated carbocycles. The van der Waals surface area contributed by atoms with E-state index in [-0.39, 0.29) is 17.5 Å². The van der Waals surface area contributed by atoms with Gasteiger partial charge in [0, 0.05) is 11.8 Å². The van der Waals surface area contributed by atoms with E-state index in [2.05, 4.69) is 0 Å². The minimum atomic E-state index is -0.649. The van der Waals surface area contributed by atoms with Gasteiger partial charge in [-0.1, -0.05) is 31.2 Å². The molecule has 0 bridgehead atoms. The molecular weight excluding hydrogens is 294 g/mol. The standard InChI is InChI=1S/C18H15NO4/c1-2-16-15(20)8-7-11(22-16)9-13-12-5-3-4-6-17(12)23-18(21)14(13)10-19/h3-8,11,16H,2,9H2,1H3. The van der Waals surface area contributed by atoms with Crippen molar-refractivity contribution in [2.45, 2.75) is 32.0 Å². The van der Waals surface area contributed by atoms with Crippen LogP contribution >= 0.6 is 0 Å². The third-order valence-corrected chi connectivity index (χ3v) is 3.94. The first-order chi connectivity index (χ1) is 11.1. The average molecular weight is 309 g/mol. The summed E-state index contributed by atoms with van der Waals surface area (Å²) in [5, 5.41) is 10.0. The lowest BCUT2D eigenvalue weighted by molar-refractivity contribution is -0.130. The molecule has 0 amide bonds.